The van der Waals surface area contributed by atoms with Crippen molar-refractivity contribution in [2.75, 3.05) is 0 Å². The van der Waals surface area contributed by atoms with E-state index in [-0.39, 0.29) is 0 Å². The smallest absolute Gasteiger partial charge is 0.178 e. The molecule has 0 bridgehead atoms. The van der Waals surface area contributed by atoms with Gasteiger partial charge in [0.05, 0.1) is 0 Å². The van der Waals surface area contributed by atoms with E-state index in [0.29, 0.717) is 0 Å². The molecule has 0 unspecified atom stereocenters. The Morgan fingerprint density at radius 3 is 1.96 bits per heavy atom. The molecular formula is C22H18O. The zero-order valence-electron chi connectivity index (χ0n) is 13.1. The van der Waals surface area contributed by atoms with Gasteiger partial charge in [0.15, 0.2) is 5.60 Å². The average molecular weight is 298 g/mol. The van der Waals surface area contributed by atoms with Crippen LogP contribution in [0.25, 0.3) is 6.08 Å². The zero-order valence-corrected chi connectivity index (χ0v) is 13.1. The second kappa shape index (κ2) is 5.44. The standard InChI is InChI=1S/C22H18O/c1-17-12-13-21-18(16-17)14-15-22(23-21,19-8-4-2-5-9-19)20-10-6-3-7-11-20/h2-16H,1H3. The molecule has 112 valence electrons. The minimum atomic E-state index is -0.579. The molecule has 1 nitrogen and oxygen atoms in total. The molecule has 1 aliphatic rings. The van der Waals surface area contributed by atoms with Crippen LogP contribution in [0, 0.1) is 6.92 Å². The van der Waals surface area contributed by atoms with Gasteiger partial charge in [0.2, 0.25) is 0 Å². The first-order valence-electron chi connectivity index (χ1n) is 7.88. The molecule has 0 amide bonds. The van der Waals surface area contributed by atoms with Crippen LogP contribution in [0.2, 0.25) is 0 Å². The molecule has 23 heavy (non-hydrogen) atoms. The summed E-state index contributed by atoms with van der Waals surface area (Å²) in [4.78, 5) is 0. The Bertz CT molecular complexity index is 808. The summed E-state index contributed by atoms with van der Waals surface area (Å²) in [5.41, 5.74) is 4.06. The topological polar surface area (TPSA) is 9.23 Å². The first-order valence-corrected chi connectivity index (χ1v) is 7.88. The Morgan fingerprint density at radius 1 is 0.739 bits per heavy atom. The minimum absolute atomic E-state index is 0.579. The average Bonchev–Trinajstić information content (AvgIpc) is 2.63. The van der Waals surface area contributed by atoms with E-state index in [1.165, 1.54) is 5.56 Å². The summed E-state index contributed by atoms with van der Waals surface area (Å²) < 4.78 is 6.56. The van der Waals surface area contributed by atoms with Crippen LogP contribution in [-0.2, 0) is 5.60 Å². The van der Waals surface area contributed by atoms with E-state index in [1.54, 1.807) is 0 Å². The third-order valence-electron chi connectivity index (χ3n) is 4.34. The lowest BCUT2D eigenvalue weighted by Gasteiger charge is -2.36. The summed E-state index contributed by atoms with van der Waals surface area (Å²) in [6, 6.07) is 27.1. The van der Waals surface area contributed by atoms with Crippen molar-refractivity contribution in [3.63, 3.8) is 0 Å². The van der Waals surface area contributed by atoms with Crippen LogP contribution in [0.5, 0.6) is 5.75 Å². The first kappa shape index (κ1) is 13.8. The van der Waals surface area contributed by atoms with Crippen molar-refractivity contribution < 1.29 is 4.74 Å². The second-order valence-corrected chi connectivity index (χ2v) is 5.94. The number of aryl methyl sites for hydroxylation is 1. The van der Waals surface area contributed by atoms with Crippen LogP contribution in [0.4, 0.5) is 0 Å². The van der Waals surface area contributed by atoms with Gasteiger partial charge in [-0.05, 0) is 25.1 Å². The molecule has 0 spiro atoms. The van der Waals surface area contributed by atoms with Gasteiger partial charge in [-0.25, -0.2) is 0 Å². The Balaban J connectivity index is 1.92. The maximum atomic E-state index is 6.56. The van der Waals surface area contributed by atoms with Gasteiger partial charge in [0, 0.05) is 16.7 Å². The third-order valence-corrected chi connectivity index (χ3v) is 4.34. The number of ether oxygens (including phenoxy) is 1. The Hall–Kier alpha value is -2.80. The van der Waals surface area contributed by atoms with Gasteiger partial charge in [-0.2, -0.15) is 0 Å². The van der Waals surface area contributed by atoms with Crippen LogP contribution < -0.4 is 4.74 Å². The molecule has 0 atom stereocenters. The lowest BCUT2D eigenvalue weighted by Crippen LogP contribution is -2.34. The maximum Gasteiger partial charge on any atom is 0.178 e. The highest BCUT2D eigenvalue weighted by Crippen LogP contribution is 2.41. The number of fused-ring (bicyclic) bond motifs is 1. The van der Waals surface area contributed by atoms with Crippen molar-refractivity contribution in [3.8, 4) is 5.75 Å². The van der Waals surface area contributed by atoms with Gasteiger partial charge in [-0.15, -0.1) is 0 Å². The van der Waals surface area contributed by atoms with Gasteiger partial charge >= 0.3 is 0 Å². The molecule has 0 aromatic heterocycles. The summed E-state index contributed by atoms with van der Waals surface area (Å²) in [7, 11) is 0. The van der Waals surface area contributed by atoms with E-state index >= 15 is 0 Å². The Kier molecular flexibility index (Phi) is 3.27. The molecule has 0 fully saturated rings. The zero-order chi connectivity index (χ0) is 15.7. The number of rotatable bonds is 2. The van der Waals surface area contributed by atoms with Crippen LogP contribution >= 0.6 is 0 Å². The Morgan fingerprint density at radius 2 is 1.35 bits per heavy atom. The van der Waals surface area contributed by atoms with E-state index in [0.717, 1.165) is 22.4 Å². The molecular weight excluding hydrogens is 280 g/mol. The van der Waals surface area contributed by atoms with Crippen molar-refractivity contribution in [1.29, 1.82) is 0 Å². The predicted molar refractivity (Wildman–Crippen MR) is 94.5 cm³/mol. The largest absolute Gasteiger partial charge is 0.473 e. The fourth-order valence-corrected chi connectivity index (χ4v) is 3.15. The van der Waals surface area contributed by atoms with Crippen LogP contribution in [0.3, 0.4) is 0 Å². The van der Waals surface area contributed by atoms with Crippen molar-refractivity contribution >= 4 is 6.08 Å². The molecule has 4 rings (SSSR count). The Labute approximate surface area is 136 Å². The SMILES string of the molecule is Cc1ccc2c(c1)C=CC(c1ccccc1)(c1ccccc1)O2. The van der Waals surface area contributed by atoms with E-state index in [4.69, 9.17) is 4.74 Å². The first-order chi connectivity index (χ1) is 11.3. The van der Waals surface area contributed by atoms with Crippen molar-refractivity contribution in [2.45, 2.75) is 12.5 Å². The van der Waals surface area contributed by atoms with Crippen LogP contribution in [0.1, 0.15) is 22.3 Å². The number of hydrogen-bond donors (Lipinski definition) is 0. The monoisotopic (exact) mass is 298 g/mol. The summed E-state index contributed by atoms with van der Waals surface area (Å²) in [5.74, 6) is 0.922. The van der Waals surface area contributed by atoms with Crippen molar-refractivity contribution in [3.05, 3.63) is 107 Å². The molecule has 0 saturated heterocycles. The van der Waals surface area contributed by atoms with Crippen molar-refractivity contribution in [1.82, 2.24) is 0 Å². The molecule has 0 radical (unpaired) electrons. The fourth-order valence-electron chi connectivity index (χ4n) is 3.15. The molecule has 0 N–H and O–H groups in total. The summed E-state index contributed by atoms with van der Waals surface area (Å²) in [6.07, 6.45) is 4.34. The molecule has 1 aliphatic heterocycles. The molecule has 1 heteroatoms. The highest BCUT2D eigenvalue weighted by atomic mass is 16.5. The van der Waals surface area contributed by atoms with Gasteiger partial charge < -0.3 is 4.74 Å². The molecule has 1 heterocycles. The van der Waals surface area contributed by atoms with E-state index in [2.05, 4.69) is 85.8 Å². The van der Waals surface area contributed by atoms with E-state index in [9.17, 15) is 0 Å². The lowest BCUT2D eigenvalue weighted by atomic mass is 9.83. The fraction of sp³-hybridized carbons (Fsp3) is 0.0909. The summed E-state index contributed by atoms with van der Waals surface area (Å²) >= 11 is 0. The molecule has 0 saturated carbocycles. The van der Waals surface area contributed by atoms with E-state index < -0.39 is 5.60 Å². The van der Waals surface area contributed by atoms with Gasteiger partial charge in [-0.3, -0.25) is 0 Å². The maximum absolute atomic E-state index is 6.56. The third kappa shape index (κ3) is 2.35. The predicted octanol–water partition coefficient (Wildman–Crippen LogP) is 5.34. The van der Waals surface area contributed by atoms with Crippen molar-refractivity contribution in [2.24, 2.45) is 0 Å². The second-order valence-electron chi connectivity index (χ2n) is 5.94. The molecule has 3 aromatic rings. The highest BCUT2D eigenvalue weighted by molar-refractivity contribution is 5.65. The van der Waals surface area contributed by atoms with Gasteiger partial charge in [0.25, 0.3) is 0 Å². The van der Waals surface area contributed by atoms with E-state index in [1.807, 2.05) is 12.1 Å². The number of hydrogen-bond acceptors (Lipinski definition) is 1. The molecule has 3 aromatic carbocycles. The summed E-state index contributed by atoms with van der Waals surface area (Å²) in [5, 5.41) is 0. The molecule has 0 aliphatic carbocycles. The lowest BCUT2D eigenvalue weighted by molar-refractivity contribution is 0.161. The van der Waals surface area contributed by atoms with Gasteiger partial charge in [-0.1, -0.05) is 78.4 Å². The van der Waals surface area contributed by atoms with Crippen LogP contribution in [0.15, 0.2) is 84.9 Å². The normalized spacial score (nSPS) is 14.8. The number of benzene rings is 3. The van der Waals surface area contributed by atoms with Gasteiger partial charge in [0.1, 0.15) is 5.75 Å². The summed E-state index contributed by atoms with van der Waals surface area (Å²) in [6.45, 7) is 2.10. The quantitative estimate of drug-likeness (QED) is 0.620. The van der Waals surface area contributed by atoms with Crippen LogP contribution in [-0.4, -0.2) is 0 Å². The highest BCUT2D eigenvalue weighted by Gasteiger charge is 2.36. The minimum Gasteiger partial charge on any atom is -0.473 e.